The third kappa shape index (κ3) is 3.20. The van der Waals surface area contributed by atoms with Crippen molar-refractivity contribution in [3.63, 3.8) is 0 Å². The number of nitrogens with two attached hydrogens (primary N) is 1. The first-order chi connectivity index (χ1) is 9.61. The molecule has 2 heterocycles. The minimum atomic E-state index is -1.22. The van der Waals surface area contributed by atoms with Gasteiger partial charge < -0.3 is 16.2 Å². The Balaban J connectivity index is 2.18. The summed E-state index contributed by atoms with van der Waals surface area (Å²) in [5.41, 5.74) is 6.55. The molecule has 1 aromatic heterocycles. The highest BCUT2D eigenvalue weighted by Crippen LogP contribution is 2.25. The SMILES string of the molecule is NC(c1cccnc1)C(C(=O)O)C(=O)C1CCCNC1. The number of carboxylic acids is 1. The molecule has 2 rings (SSSR count). The second-order valence-electron chi connectivity index (χ2n) is 5.07. The van der Waals surface area contributed by atoms with E-state index in [9.17, 15) is 14.7 Å². The van der Waals surface area contributed by atoms with Crippen molar-refractivity contribution >= 4 is 11.8 Å². The number of hydrogen-bond donors (Lipinski definition) is 3. The van der Waals surface area contributed by atoms with Crippen LogP contribution in [0.4, 0.5) is 0 Å². The molecule has 1 aromatic rings. The monoisotopic (exact) mass is 277 g/mol. The Morgan fingerprint density at radius 2 is 2.30 bits per heavy atom. The van der Waals surface area contributed by atoms with Gasteiger partial charge in [-0.05, 0) is 31.0 Å². The van der Waals surface area contributed by atoms with Gasteiger partial charge in [-0.25, -0.2) is 0 Å². The quantitative estimate of drug-likeness (QED) is 0.671. The Kier molecular flexibility index (Phi) is 4.81. The minimum absolute atomic E-state index is 0.271. The van der Waals surface area contributed by atoms with Crippen molar-refractivity contribution in [2.24, 2.45) is 17.6 Å². The predicted octanol–water partition coefficient (Wildman–Crippen LogP) is 0.351. The Bertz CT molecular complexity index is 472. The number of aromatic nitrogens is 1. The molecule has 0 aromatic carbocycles. The lowest BCUT2D eigenvalue weighted by Crippen LogP contribution is -2.43. The predicted molar refractivity (Wildman–Crippen MR) is 72.9 cm³/mol. The Morgan fingerprint density at radius 1 is 1.50 bits per heavy atom. The lowest BCUT2D eigenvalue weighted by molar-refractivity contribution is -0.148. The van der Waals surface area contributed by atoms with Crippen molar-refractivity contribution in [2.75, 3.05) is 13.1 Å². The number of pyridine rings is 1. The fourth-order valence-electron chi connectivity index (χ4n) is 2.57. The van der Waals surface area contributed by atoms with E-state index in [1.807, 2.05) is 0 Å². The van der Waals surface area contributed by atoms with Gasteiger partial charge in [0.1, 0.15) is 5.92 Å². The lowest BCUT2D eigenvalue weighted by atomic mass is 9.82. The van der Waals surface area contributed by atoms with E-state index >= 15 is 0 Å². The zero-order chi connectivity index (χ0) is 14.5. The molecule has 20 heavy (non-hydrogen) atoms. The summed E-state index contributed by atoms with van der Waals surface area (Å²) in [4.78, 5) is 27.8. The fourth-order valence-corrected chi connectivity index (χ4v) is 2.57. The number of rotatable bonds is 5. The average Bonchev–Trinajstić information content (AvgIpc) is 2.48. The molecule has 6 nitrogen and oxygen atoms in total. The molecule has 0 spiro atoms. The number of hydrogen-bond acceptors (Lipinski definition) is 5. The molecule has 3 atom stereocenters. The average molecular weight is 277 g/mol. The smallest absolute Gasteiger partial charge is 0.316 e. The van der Waals surface area contributed by atoms with Crippen molar-refractivity contribution in [3.05, 3.63) is 30.1 Å². The van der Waals surface area contributed by atoms with Crippen LogP contribution in [0.3, 0.4) is 0 Å². The van der Waals surface area contributed by atoms with Crippen LogP contribution < -0.4 is 11.1 Å². The van der Waals surface area contributed by atoms with Gasteiger partial charge in [-0.15, -0.1) is 0 Å². The zero-order valence-electron chi connectivity index (χ0n) is 11.2. The summed E-state index contributed by atoms with van der Waals surface area (Å²) in [5, 5.41) is 12.5. The molecule has 0 radical (unpaired) electrons. The number of carboxylic acid groups (broad SMARTS) is 1. The number of carbonyl (C=O) groups excluding carboxylic acids is 1. The van der Waals surface area contributed by atoms with Crippen molar-refractivity contribution in [1.29, 1.82) is 0 Å². The van der Waals surface area contributed by atoms with E-state index in [2.05, 4.69) is 10.3 Å². The van der Waals surface area contributed by atoms with Gasteiger partial charge in [-0.2, -0.15) is 0 Å². The molecule has 0 amide bonds. The van der Waals surface area contributed by atoms with Crippen LogP contribution in [-0.2, 0) is 9.59 Å². The fraction of sp³-hybridized carbons (Fsp3) is 0.500. The number of piperidine rings is 1. The number of Topliss-reactive ketones (excluding diaryl/α,β-unsaturated/α-hetero) is 1. The zero-order valence-corrected chi connectivity index (χ0v) is 11.2. The molecule has 1 aliphatic heterocycles. The molecule has 6 heteroatoms. The van der Waals surface area contributed by atoms with E-state index in [4.69, 9.17) is 5.73 Å². The second kappa shape index (κ2) is 6.58. The molecule has 0 aliphatic carbocycles. The number of carbonyl (C=O) groups is 2. The number of nitrogens with zero attached hydrogens (tertiary/aromatic N) is 1. The maximum Gasteiger partial charge on any atom is 0.316 e. The van der Waals surface area contributed by atoms with Crippen LogP contribution in [0.5, 0.6) is 0 Å². The van der Waals surface area contributed by atoms with Crippen molar-refractivity contribution in [3.8, 4) is 0 Å². The molecule has 4 N–H and O–H groups in total. The van der Waals surface area contributed by atoms with E-state index in [-0.39, 0.29) is 11.7 Å². The highest BCUT2D eigenvalue weighted by atomic mass is 16.4. The first kappa shape index (κ1) is 14.6. The molecule has 3 unspecified atom stereocenters. The van der Waals surface area contributed by atoms with Crippen molar-refractivity contribution < 1.29 is 14.7 Å². The number of ketones is 1. The summed E-state index contributed by atoms with van der Waals surface area (Å²) in [6.07, 6.45) is 4.69. The van der Waals surface area contributed by atoms with E-state index in [1.54, 1.807) is 18.3 Å². The van der Waals surface area contributed by atoms with Gasteiger partial charge in [0.15, 0.2) is 5.78 Å². The van der Waals surface area contributed by atoms with Crippen LogP contribution in [0.25, 0.3) is 0 Å². The largest absolute Gasteiger partial charge is 0.481 e. The maximum atomic E-state index is 12.4. The van der Waals surface area contributed by atoms with E-state index in [0.717, 1.165) is 19.4 Å². The van der Waals surface area contributed by atoms with Crippen LogP contribution in [0.15, 0.2) is 24.5 Å². The second-order valence-corrected chi connectivity index (χ2v) is 5.07. The van der Waals surface area contributed by atoms with Crippen LogP contribution in [-0.4, -0.2) is 34.9 Å². The third-order valence-electron chi connectivity index (χ3n) is 3.70. The number of nitrogens with one attached hydrogen (secondary N) is 1. The minimum Gasteiger partial charge on any atom is -0.481 e. The van der Waals surface area contributed by atoms with Crippen molar-refractivity contribution in [2.45, 2.75) is 18.9 Å². The highest BCUT2D eigenvalue weighted by Gasteiger charge is 2.37. The van der Waals surface area contributed by atoms with Gasteiger partial charge in [-0.1, -0.05) is 6.07 Å². The van der Waals surface area contributed by atoms with Crippen LogP contribution in [0.2, 0.25) is 0 Å². The summed E-state index contributed by atoms with van der Waals surface area (Å²) >= 11 is 0. The molecular formula is C14H19N3O3. The normalized spacial score (nSPS) is 21.9. The van der Waals surface area contributed by atoms with Gasteiger partial charge in [0.25, 0.3) is 0 Å². The van der Waals surface area contributed by atoms with Crippen LogP contribution >= 0.6 is 0 Å². The molecule has 108 valence electrons. The summed E-state index contributed by atoms with van der Waals surface area (Å²) in [6, 6.07) is 2.51. The standard InChI is InChI=1S/C14H19N3O3/c15-12(9-3-1-5-16-7-9)11(14(19)20)13(18)10-4-2-6-17-8-10/h1,3,5,7,10-12,17H,2,4,6,8,15H2,(H,19,20). The molecule has 0 bridgehead atoms. The first-order valence-corrected chi connectivity index (χ1v) is 6.74. The molecule has 0 saturated carbocycles. The Hall–Kier alpha value is -1.79. The van der Waals surface area contributed by atoms with E-state index in [0.29, 0.717) is 12.1 Å². The molecule has 1 saturated heterocycles. The molecule has 1 fully saturated rings. The van der Waals surface area contributed by atoms with Gasteiger partial charge in [0.05, 0.1) is 6.04 Å². The highest BCUT2D eigenvalue weighted by molar-refractivity contribution is 6.00. The van der Waals surface area contributed by atoms with E-state index in [1.165, 1.54) is 6.20 Å². The lowest BCUT2D eigenvalue weighted by Gasteiger charge is -2.27. The van der Waals surface area contributed by atoms with Crippen molar-refractivity contribution in [1.82, 2.24) is 10.3 Å². The molecular weight excluding hydrogens is 258 g/mol. The van der Waals surface area contributed by atoms with Crippen LogP contribution in [0, 0.1) is 11.8 Å². The first-order valence-electron chi connectivity index (χ1n) is 6.74. The van der Waals surface area contributed by atoms with Crippen LogP contribution in [0.1, 0.15) is 24.4 Å². The topological polar surface area (TPSA) is 105 Å². The van der Waals surface area contributed by atoms with Gasteiger partial charge >= 0.3 is 5.97 Å². The molecule has 1 aliphatic rings. The van der Waals surface area contributed by atoms with Gasteiger partial charge in [0, 0.05) is 24.9 Å². The van der Waals surface area contributed by atoms with E-state index < -0.39 is 17.9 Å². The summed E-state index contributed by atoms with van der Waals surface area (Å²) < 4.78 is 0. The van der Waals surface area contributed by atoms with Gasteiger partial charge in [-0.3, -0.25) is 14.6 Å². The maximum absolute atomic E-state index is 12.4. The summed E-state index contributed by atoms with van der Waals surface area (Å²) in [6.45, 7) is 1.40. The van der Waals surface area contributed by atoms with Gasteiger partial charge in [0.2, 0.25) is 0 Å². The Morgan fingerprint density at radius 3 is 2.85 bits per heavy atom. The number of aliphatic carboxylic acids is 1. The summed E-state index contributed by atoms with van der Waals surface area (Å²) in [5.74, 6) is -2.95. The third-order valence-corrected chi connectivity index (χ3v) is 3.70. The Labute approximate surface area is 117 Å². The summed E-state index contributed by atoms with van der Waals surface area (Å²) in [7, 11) is 0.